The molecule has 0 bridgehead atoms. The highest BCUT2D eigenvalue weighted by molar-refractivity contribution is 5.42. The summed E-state index contributed by atoms with van der Waals surface area (Å²) in [6.45, 7) is 6.63. The van der Waals surface area contributed by atoms with E-state index in [2.05, 4.69) is 44.3 Å². The van der Waals surface area contributed by atoms with Crippen LogP contribution in [-0.2, 0) is 0 Å². The Bertz CT molecular complexity index is 413. The van der Waals surface area contributed by atoms with Crippen molar-refractivity contribution < 1.29 is 4.74 Å². The van der Waals surface area contributed by atoms with Crippen LogP contribution in [-0.4, -0.2) is 11.6 Å². The Morgan fingerprint density at radius 1 is 1.31 bits per heavy atom. The molecule has 3 rings (SSSR count). The zero-order chi connectivity index (χ0) is 11.3. The Morgan fingerprint density at radius 3 is 2.69 bits per heavy atom. The van der Waals surface area contributed by atoms with E-state index in [4.69, 9.17) is 4.74 Å². The number of ether oxygens (including phenoxy) is 1. The summed E-state index contributed by atoms with van der Waals surface area (Å²) in [6.07, 6.45) is 1.30. The van der Waals surface area contributed by atoms with Crippen molar-refractivity contribution in [3.63, 3.8) is 0 Å². The van der Waals surface area contributed by atoms with Crippen molar-refractivity contribution in [2.75, 3.05) is 0 Å². The van der Waals surface area contributed by atoms with Gasteiger partial charge >= 0.3 is 0 Å². The third kappa shape index (κ3) is 1.52. The molecule has 1 aromatic carbocycles. The summed E-state index contributed by atoms with van der Waals surface area (Å²) >= 11 is 0. The molecule has 2 heteroatoms. The summed E-state index contributed by atoms with van der Waals surface area (Å²) in [5.41, 5.74) is 1.18. The second-order valence-electron chi connectivity index (χ2n) is 5.66. The maximum atomic E-state index is 6.01. The molecule has 3 atom stereocenters. The normalized spacial score (nSPS) is 34.3. The minimum absolute atomic E-state index is 0.133. The average Bonchev–Trinajstić information content (AvgIpc) is 2.84. The van der Waals surface area contributed by atoms with Gasteiger partial charge in [0, 0.05) is 11.6 Å². The van der Waals surface area contributed by atoms with Crippen molar-refractivity contribution in [2.24, 2.45) is 5.92 Å². The van der Waals surface area contributed by atoms with Gasteiger partial charge < -0.3 is 10.1 Å². The lowest BCUT2D eigenvalue weighted by Gasteiger charge is -2.27. The summed E-state index contributed by atoms with van der Waals surface area (Å²) in [5.74, 6) is 1.86. The first-order chi connectivity index (χ1) is 7.58. The first-order valence-electron chi connectivity index (χ1n) is 6.12. The summed E-state index contributed by atoms with van der Waals surface area (Å²) in [5, 5.41) is 3.72. The van der Waals surface area contributed by atoms with Crippen molar-refractivity contribution in [2.45, 2.75) is 44.9 Å². The Kier molecular flexibility index (Phi) is 2.05. The fourth-order valence-corrected chi connectivity index (χ4v) is 2.59. The van der Waals surface area contributed by atoms with E-state index in [0.717, 1.165) is 11.7 Å². The van der Waals surface area contributed by atoms with E-state index in [9.17, 15) is 0 Å². The van der Waals surface area contributed by atoms with Gasteiger partial charge in [0.2, 0.25) is 0 Å². The van der Waals surface area contributed by atoms with Gasteiger partial charge in [-0.15, -0.1) is 0 Å². The molecule has 2 nitrogen and oxygen atoms in total. The lowest BCUT2D eigenvalue weighted by atomic mass is 9.94. The van der Waals surface area contributed by atoms with Gasteiger partial charge in [-0.25, -0.2) is 0 Å². The molecule has 0 aromatic heterocycles. The fraction of sp³-hybridized carbons (Fsp3) is 0.571. The molecule has 0 saturated heterocycles. The average molecular weight is 217 g/mol. The number of para-hydroxylation sites is 1. The quantitative estimate of drug-likeness (QED) is 0.822. The van der Waals surface area contributed by atoms with Crippen LogP contribution < -0.4 is 10.1 Å². The van der Waals surface area contributed by atoms with Gasteiger partial charge in [-0.05, 0) is 32.3 Å². The van der Waals surface area contributed by atoms with E-state index in [0.29, 0.717) is 12.1 Å². The second kappa shape index (κ2) is 3.24. The molecule has 1 aliphatic carbocycles. The molecule has 0 spiro atoms. The van der Waals surface area contributed by atoms with Crippen LogP contribution in [0.15, 0.2) is 24.3 Å². The minimum atomic E-state index is -0.133. The molecule has 1 saturated carbocycles. The number of hydrogen-bond acceptors (Lipinski definition) is 2. The van der Waals surface area contributed by atoms with Gasteiger partial charge in [0.15, 0.2) is 0 Å². The van der Waals surface area contributed by atoms with Crippen molar-refractivity contribution in [1.29, 1.82) is 0 Å². The van der Waals surface area contributed by atoms with Crippen LogP contribution in [0.25, 0.3) is 0 Å². The molecule has 0 amide bonds. The maximum Gasteiger partial charge on any atom is 0.125 e. The number of nitrogens with one attached hydrogen (secondary N) is 1. The lowest BCUT2D eigenvalue weighted by Crippen LogP contribution is -2.40. The Balaban J connectivity index is 1.89. The van der Waals surface area contributed by atoms with Crippen LogP contribution in [0.4, 0.5) is 0 Å². The van der Waals surface area contributed by atoms with E-state index in [-0.39, 0.29) is 5.60 Å². The lowest BCUT2D eigenvalue weighted by molar-refractivity contribution is 0.0951. The van der Waals surface area contributed by atoms with Crippen LogP contribution in [0, 0.1) is 5.92 Å². The van der Waals surface area contributed by atoms with Crippen LogP contribution in [0.3, 0.4) is 0 Å². The number of hydrogen-bond donors (Lipinski definition) is 1. The monoisotopic (exact) mass is 217 g/mol. The second-order valence-corrected chi connectivity index (χ2v) is 5.66. The summed E-state index contributed by atoms with van der Waals surface area (Å²) in [7, 11) is 0. The van der Waals surface area contributed by atoms with Gasteiger partial charge in [0.25, 0.3) is 0 Å². The Hall–Kier alpha value is -1.02. The molecule has 1 N–H and O–H groups in total. The topological polar surface area (TPSA) is 21.3 Å². The molecule has 3 unspecified atom stereocenters. The van der Waals surface area contributed by atoms with Gasteiger partial charge in [0.05, 0.1) is 6.04 Å². The zero-order valence-corrected chi connectivity index (χ0v) is 10.2. The van der Waals surface area contributed by atoms with Crippen LogP contribution >= 0.6 is 0 Å². The zero-order valence-electron chi connectivity index (χ0n) is 10.2. The van der Waals surface area contributed by atoms with E-state index in [1.165, 1.54) is 12.0 Å². The van der Waals surface area contributed by atoms with Crippen LogP contribution in [0.2, 0.25) is 0 Å². The molecule has 16 heavy (non-hydrogen) atoms. The predicted molar refractivity (Wildman–Crippen MR) is 64.6 cm³/mol. The molecular formula is C14H19NO. The number of rotatable bonds is 2. The Morgan fingerprint density at radius 2 is 2.00 bits per heavy atom. The van der Waals surface area contributed by atoms with Gasteiger partial charge in [-0.1, -0.05) is 25.1 Å². The number of fused-ring (bicyclic) bond motifs is 1. The highest BCUT2D eigenvalue weighted by Gasteiger charge is 2.45. The predicted octanol–water partition coefficient (Wildman–Crippen LogP) is 2.90. The first kappa shape index (κ1) is 10.2. The van der Waals surface area contributed by atoms with Crippen LogP contribution in [0.5, 0.6) is 5.75 Å². The Labute approximate surface area is 97.0 Å². The molecule has 1 aliphatic heterocycles. The van der Waals surface area contributed by atoms with Gasteiger partial charge in [-0.3, -0.25) is 0 Å². The van der Waals surface area contributed by atoms with Crippen molar-refractivity contribution in [1.82, 2.24) is 5.32 Å². The highest BCUT2D eigenvalue weighted by atomic mass is 16.5. The molecule has 1 fully saturated rings. The van der Waals surface area contributed by atoms with E-state index >= 15 is 0 Å². The maximum absolute atomic E-state index is 6.01. The SMILES string of the molecule is CC1CC1NC1c2ccccc2OC1(C)C. The fourth-order valence-electron chi connectivity index (χ4n) is 2.59. The molecule has 2 aliphatic rings. The van der Waals surface area contributed by atoms with E-state index in [1.807, 2.05) is 6.07 Å². The smallest absolute Gasteiger partial charge is 0.125 e. The van der Waals surface area contributed by atoms with Crippen molar-refractivity contribution in [3.05, 3.63) is 29.8 Å². The molecule has 86 valence electrons. The van der Waals surface area contributed by atoms with E-state index < -0.39 is 0 Å². The van der Waals surface area contributed by atoms with Crippen molar-refractivity contribution in [3.8, 4) is 5.75 Å². The minimum Gasteiger partial charge on any atom is -0.486 e. The van der Waals surface area contributed by atoms with Gasteiger partial charge in [0.1, 0.15) is 11.4 Å². The summed E-state index contributed by atoms with van der Waals surface area (Å²) in [6, 6.07) is 9.38. The first-order valence-corrected chi connectivity index (χ1v) is 6.12. The van der Waals surface area contributed by atoms with E-state index in [1.54, 1.807) is 0 Å². The molecular weight excluding hydrogens is 198 g/mol. The molecule has 0 radical (unpaired) electrons. The third-order valence-electron chi connectivity index (χ3n) is 3.79. The largest absolute Gasteiger partial charge is 0.486 e. The standard InChI is InChI=1S/C14H19NO/c1-9-8-11(9)15-13-10-6-4-5-7-12(10)16-14(13,2)3/h4-7,9,11,13,15H,8H2,1-3H3. The number of benzene rings is 1. The van der Waals surface area contributed by atoms with Crippen molar-refractivity contribution >= 4 is 0 Å². The molecule has 1 aromatic rings. The summed E-state index contributed by atoms with van der Waals surface area (Å²) < 4.78 is 6.01. The highest BCUT2D eigenvalue weighted by Crippen LogP contribution is 2.45. The summed E-state index contributed by atoms with van der Waals surface area (Å²) in [4.78, 5) is 0. The third-order valence-corrected chi connectivity index (χ3v) is 3.79. The molecule has 1 heterocycles. The van der Waals surface area contributed by atoms with Gasteiger partial charge in [-0.2, -0.15) is 0 Å². The van der Waals surface area contributed by atoms with Crippen LogP contribution in [0.1, 0.15) is 38.8 Å².